The van der Waals surface area contributed by atoms with E-state index >= 15 is 0 Å². The van der Waals surface area contributed by atoms with Gasteiger partial charge in [-0.3, -0.25) is 4.79 Å². The van der Waals surface area contributed by atoms with Crippen LogP contribution in [0.3, 0.4) is 0 Å². The van der Waals surface area contributed by atoms with Gasteiger partial charge in [-0.1, -0.05) is 18.2 Å². The van der Waals surface area contributed by atoms with Crippen LogP contribution in [0.5, 0.6) is 5.75 Å². The Morgan fingerprint density at radius 1 is 1.10 bits per heavy atom. The number of likely N-dealkylation sites (tertiary alicyclic amines) is 1. The van der Waals surface area contributed by atoms with Gasteiger partial charge in [0.05, 0.1) is 12.0 Å². The summed E-state index contributed by atoms with van der Waals surface area (Å²) in [5, 5.41) is 1.02. The van der Waals surface area contributed by atoms with Gasteiger partial charge in [-0.2, -0.15) is 0 Å². The van der Waals surface area contributed by atoms with Gasteiger partial charge in [0, 0.05) is 36.2 Å². The first kappa shape index (κ1) is 20.4. The molecule has 1 saturated heterocycles. The summed E-state index contributed by atoms with van der Waals surface area (Å²) in [6, 6.07) is 15.9. The lowest BCUT2D eigenvalue weighted by Gasteiger charge is -2.32. The largest absolute Gasteiger partial charge is 0.497 e. The third kappa shape index (κ3) is 4.34. The zero-order chi connectivity index (χ0) is 21.1. The molecule has 7 nitrogen and oxygen atoms in total. The number of rotatable bonds is 6. The molecule has 1 fully saturated rings. The molecule has 0 bridgehead atoms. The van der Waals surface area contributed by atoms with Crippen molar-refractivity contribution in [3.8, 4) is 5.75 Å². The van der Waals surface area contributed by atoms with Crippen molar-refractivity contribution in [3.05, 3.63) is 60.8 Å². The smallest absolute Gasteiger partial charge is 0.242 e. The second kappa shape index (κ2) is 8.49. The Morgan fingerprint density at radius 2 is 1.83 bits per heavy atom. The average Bonchev–Trinajstić information content (AvgIpc) is 3.16. The van der Waals surface area contributed by atoms with Crippen molar-refractivity contribution in [2.45, 2.75) is 30.3 Å². The Balaban J connectivity index is 1.35. The predicted octanol–water partition coefficient (Wildman–Crippen LogP) is 2.62. The zero-order valence-electron chi connectivity index (χ0n) is 16.8. The van der Waals surface area contributed by atoms with Gasteiger partial charge >= 0.3 is 0 Å². The van der Waals surface area contributed by atoms with Crippen molar-refractivity contribution < 1.29 is 17.9 Å². The van der Waals surface area contributed by atoms with Crippen molar-refractivity contribution in [2.75, 3.05) is 20.2 Å². The summed E-state index contributed by atoms with van der Waals surface area (Å²) in [6.45, 7) is 1.33. The van der Waals surface area contributed by atoms with Crippen LogP contribution in [-0.2, 0) is 21.4 Å². The van der Waals surface area contributed by atoms with Crippen LogP contribution >= 0.6 is 0 Å². The van der Waals surface area contributed by atoms with E-state index in [1.807, 2.05) is 39.9 Å². The molecule has 1 aromatic heterocycles. The van der Waals surface area contributed by atoms with Crippen molar-refractivity contribution >= 4 is 26.8 Å². The quantitative estimate of drug-likeness (QED) is 0.656. The number of hydrogen-bond acceptors (Lipinski definition) is 4. The number of aromatic nitrogens is 1. The summed E-state index contributed by atoms with van der Waals surface area (Å²) in [5.74, 6) is 0.819. The maximum Gasteiger partial charge on any atom is 0.242 e. The molecule has 0 spiro atoms. The van der Waals surface area contributed by atoms with Crippen LogP contribution in [0, 0.1) is 0 Å². The van der Waals surface area contributed by atoms with E-state index in [9.17, 15) is 13.2 Å². The van der Waals surface area contributed by atoms with E-state index in [-0.39, 0.29) is 23.4 Å². The van der Waals surface area contributed by atoms with E-state index in [2.05, 4.69) is 4.72 Å². The number of ether oxygens (including phenoxy) is 1. The van der Waals surface area contributed by atoms with Gasteiger partial charge in [0.15, 0.2) is 0 Å². The number of benzene rings is 2. The monoisotopic (exact) mass is 427 g/mol. The van der Waals surface area contributed by atoms with Crippen molar-refractivity contribution in [2.24, 2.45) is 0 Å². The fourth-order valence-corrected chi connectivity index (χ4v) is 5.15. The van der Waals surface area contributed by atoms with Crippen LogP contribution in [0.25, 0.3) is 10.9 Å². The number of nitrogens with zero attached hydrogens (tertiary/aromatic N) is 2. The molecular formula is C22H25N3O4S. The number of fused-ring (bicyclic) bond motifs is 1. The van der Waals surface area contributed by atoms with Gasteiger partial charge in [-0.05, 0) is 49.2 Å². The molecule has 2 heterocycles. The van der Waals surface area contributed by atoms with Crippen molar-refractivity contribution in [1.29, 1.82) is 0 Å². The van der Waals surface area contributed by atoms with Crippen LogP contribution in [-0.4, -0.2) is 50.0 Å². The Hall–Kier alpha value is -2.84. The predicted molar refractivity (Wildman–Crippen MR) is 115 cm³/mol. The van der Waals surface area contributed by atoms with Gasteiger partial charge in [0.25, 0.3) is 0 Å². The van der Waals surface area contributed by atoms with Gasteiger partial charge in [0.1, 0.15) is 12.3 Å². The van der Waals surface area contributed by atoms with Gasteiger partial charge < -0.3 is 14.2 Å². The minimum Gasteiger partial charge on any atom is -0.497 e. The number of carbonyl (C=O) groups excluding carboxylic acids is 1. The zero-order valence-corrected chi connectivity index (χ0v) is 17.6. The molecule has 0 aliphatic carbocycles. The van der Waals surface area contributed by atoms with E-state index in [4.69, 9.17) is 4.74 Å². The average molecular weight is 428 g/mol. The van der Waals surface area contributed by atoms with Gasteiger partial charge in [-0.25, -0.2) is 13.1 Å². The highest BCUT2D eigenvalue weighted by molar-refractivity contribution is 7.89. The van der Waals surface area contributed by atoms with Crippen LogP contribution in [0.15, 0.2) is 65.7 Å². The lowest BCUT2D eigenvalue weighted by Crippen LogP contribution is -2.47. The Kier molecular flexibility index (Phi) is 5.78. The van der Waals surface area contributed by atoms with E-state index in [0.717, 1.165) is 16.7 Å². The minimum atomic E-state index is -3.54. The standard InChI is InChI=1S/C22H25N3O4S/c1-29-19-7-8-21-17(15-19)9-12-25(21)16-22(26)24-13-10-18(11-14-24)23-30(27,28)20-5-3-2-4-6-20/h2-9,12,15,18,23H,10-11,13-14,16H2,1H3. The molecule has 0 unspecified atom stereocenters. The van der Waals surface area contributed by atoms with Crippen LogP contribution in [0.1, 0.15) is 12.8 Å². The summed E-state index contributed by atoms with van der Waals surface area (Å²) in [5.41, 5.74) is 0.981. The maximum atomic E-state index is 12.8. The lowest BCUT2D eigenvalue weighted by atomic mass is 10.1. The Morgan fingerprint density at radius 3 is 2.53 bits per heavy atom. The molecule has 1 aliphatic heterocycles. The molecule has 8 heteroatoms. The first-order chi connectivity index (χ1) is 14.5. The number of hydrogen-bond donors (Lipinski definition) is 1. The summed E-state index contributed by atoms with van der Waals surface area (Å²) >= 11 is 0. The first-order valence-electron chi connectivity index (χ1n) is 9.94. The Labute approximate surface area is 176 Å². The SMILES string of the molecule is COc1ccc2c(ccn2CC(=O)N2CCC(NS(=O)(=O)c3ccccc3)CC2)c1. The molecular weight excluding hydrogens is 402 g/mol. The molecule has 1 amide bonds. The first-order valence-corrected chi connectivity index (χ1v) is 11.4. The minimum absolute atomic E-state index is 0.0349. The second-order valence-corrected chi connectivity index (χ2v) is 9.17. The van der Waals surface area contributed by atoms with E-state index in [1.54, 1.807) is 37.4 Å². The highest BCUT2D eigenvalue weighted by Gasteiger charge is 2.26. The van der Waals surface area contributed by atoms with Crippen molar-refractivity contribution in [1.82, 2.24) is 14.2 Å². The molecule has 1 aliphatic rings. The number of sulfonamides is 1. The molecule has 4 rings (SSSR count). The van der Waals surface area contributed by atoms with E-state index in [0.29, 0.717) is 25.9 Å². The van der Waals surface area contributed by atoms with E-state index < -0.39 is 10.0 Å². The number of nitrogens with one attached hydrogen (secondary N) is 1. The molecule has 30 heavy (non-hydrogen) atoms. The summed E-state index contributed by atoms with van der Waals surface area (Å²) in [4.78, 5) is 14.9. The summed E-state index contributed by atoms with van der Waals surface area (Å²) < 4.78 is 34.9. The number of methoxy groups -OCH3 is 1. The molecule has 158 valence electrons. The topological polar surface area (TPSA) is 80.6 Å². The highest BCUT2D eigenvalue weighted by atomic mass is 32.2. The maximum absolute atomic E-state index is 12.8. The fraction of sp³-hybridized carbons (Fsp3) is 0.318. The molecule has 3 aromatic rings. The second-order valence-electron chi connectivity index (χ2n) is 7.46. The number of carbonyl (C=O) groups is 1. The normalized spacial score (nSPS) is 15.4. The number of piperidine rings is 1. The molecule has 0 radical (unpaired) electrons. The fourth-order valence-electron chi connectivity index (χ4n) is 3.82. The molecule has 0 atom stereocenters. The number of amides is 1. The van der Waals surface area contributed by atoms with Crippen LogP contribution < -0.4 is 9.46 Å². The van der Waals surface area contributed by atoms with Gasteiger partial charge in [-0.15, -0.1) is 0 Å². The van der Waals surface area contributed by atoms with Crippen molar-refractivity contribution in [3.63, 3.8) is 0 Å². The Bertz CT molecular complexity index is 1130. The van der Waals surface area contributed by atoms with Crippen LogP contribution in [0.2, 0.25) is 0 Å². The third-order valence-electron chi connectivity index (χ3n) is 5.51. The van der Waals surface area contributed by atoms with E-state index in [1.165, 1.54) is 0 Å². The summed E-state index contributed by atoms with van der Waals surface area (Å²) in [7, 11) is -1.91. The molecule has 1 N–H and O–H groups in total. The lowest BCUT2D eigenvalue weighted by molar-refractivity contribution is -0.132. The molecule has 2 aromatic carbocycles. The third-order valence-corrected chi connectivity index (χ3v) is 7.04. The highest BCUT2D eigenvalue weighted by Crippen LogP contribution is 2.22. The van der Waals surface area contributed by atoms with Gasteiger partial charge in [0.2, 0.25) is 15.9 Å². The van der Waals surface area contributed by atoms with Crippen LogP contribution in [0.4, 0.5) is 0 Å². The molecule has 0 saturated carbocycles. The summed E-state index contributed by atoms with van der Waals surface area (Å²) in [6.07, 6.45) is 3.10.